The van der Waals surface area contributed by atoms with Gasteiger partial charge in [-0.15, -0.1) is 0 Å². The molecule has 4 heterocycles. The molecule has 2 N–H and O–H groups in total. The topological polar surface area (TPSA) is 89.8 Å². The van der Waals surface area contributed by atoms with Crippen LogP contribution in [-0.2, 0) is 0 Å². The molecule has 2 aromatic heterocycles. The number of benzene rings is 2. The number of hydrogen-bond acceptors (Lipinski definition) is 5. The molecule has 4 aromatic rings. The Balaban J connectivity index is 1.19. The first-order valence-corrected chi connectivity index (χ1v) is 12.0. The van der Waals surface area contributed by atoms with E-state index >= 15 is 0 Å². The Bertz CT molecular complexity index is 1500. The first-order chi connectivity index (χ1) is 17.9. The van der Waals surface area contributed by atoms with Gasteiger partial charge in [-0.25, -0.2) is 23.6 Å². The summed E-state index contributed by atoms with van der Waals surface area (Å²) in [6.45, 7) is 1.42. The fourth-order valence-corrected chi connectivity index (χ4v) is 4.76. The molecule has 0 aliphatic carbocycles. The van der Waals surface area contributed by atoms with Gasteiger partial charge in [0.25, 0.3) is 5.92 Å². The zero-order valence-corrected chi connectivity index (χ0v) is 20.0. The molecule has 0 saturated carbocycles. The van der Waals surface area contributed by atoms with E-state index in [2.05, 4.69) is 25.5 Å². The number of anilines is 2. The van der Waals surface area contributed by atoms with Gasteiger partial charge in [-0.3, -0.25) is 5.10 Å². The Kier molecular flexibility index (Phi) is 5.51. The number of nitrogens with zero attached hydrogens (tertiary/aromatic N) is 5. The quantitative estimate of drug-likeness (QED) is 0.374. The molecule has 0 bridgehead atoms. The van der Waals surface area contributed by atoms with Gasteiger partial charge in [0.15, 0.2) is 12.4 Å². The minimum absolute atomic E-state index is 0.0597. The van der Waals surface area contributed by atoms with Crippen molar-refractivity contribution < 1.29 is 18.2 Å². The molecule has 2 amide bonds. The normalized spacial score (nSPS) is 18.0. The summed E-state index contributed by atoms with van der Waals surface area (Å²) >= 11 is 0. The second-order valence-electron chi connectivity index (χ2n) is 9.32. The summed E-state index contributed by atoms with van der Waals surface area (Å²) < 4.78 is 28.8. The van der Waals surface area contributed by atoms with Crippen LogP contribution in [0.3, 0.4) is 0 Å². The van der Waals surface area contributed by atoms with Gasteiger partial charge >= 0.3 is 6.03 Å². The number of aromatic nitrogens is 4. The average Bonchev–Trinajstić information content (AvgIpc) is 3.64. The van der Waals surface area contributed by atoms with Crippen LogP contribution in [0.4, 0.5) is 25.1 Å². The van der Waals surface area contributed by atoms with E-state index in [0.717, 1.165) is 33.5 Å². The zero-order valence-electron chi connectivity index (χ0n) is 20.0. The van der Waals surface area contributed by atoms with Crippen LogP contribution in [0.1, 0.15) is 30.5 Å². The lowest BCUT2D eigenvalue weighted by Gasteiger charge is -2.14. The highest BCUT2D eigenvalue weighted by Gasteiger charge is 2.47. The van der Waals surface area contributed by atoms with Crippen LogP contribution in [0.25, 0.3) is 22.5 Å². The summed E-state index contributed by atoms with van der Waals surface area (Å²) in [6, 6.07) is 14.8. The van der Waals surface area contributed by atoms with Crippen molar-refractivity contribution in [1.82, 2.24) is 25.1 Å². The lowest BCUT2D eigenvalue weighted by molar-refractivity contribution is -0.471. The van der Waals surface area contributed by atoms with Crippen molar-refractivity contribution in [3.8, 4) is 22.5 Å². The Morgan fingerprint density at radius 2 is 1.95 bits per heavy atom. The molecule has 1 saturated heterocycles. The molecule has 1 atom stereocenters. The van der Waals surface area contributed by atoms with Gasteiger partial charge in [-0.1, -0.05) is 24.3 Å². The summed E-state index contributed by atoms with van der Waals surface area (Å²) in [5.41, 5.74) is 5.56. The molecule has 186 valence electrons. The number of amides is 2. The van der Waals surface area contributed by atoms with Gasteiger partial charge in [-0.05, 0) is 36.8 Å². The average molecular weight is 501 g/mol. The van der Waals surface area contributed by atoms with Crippen LogP contribution in [0.5, 0.6) is 0 Å². The third kappa shape index (κ3) is 4.46. The largest absolute Gasteiger partial charge is 0.493 e. The van der Waals surface area contributed by atoms with Crippen LogP contribution in [-0.4, -0.2) is 60.9 Å². The highest BCUT2D eigenvalue weighted by molar-refractivity contribution is 5.87. The van der Waals surface area contributed by atoms with E-state index in [1.54, 1.807) is 24.7 Å². The Hall–Kier alpha value is -4.47. The molecule has 2 aliphatic rings. The molecular weight excluding hydrogens is 476 g/mol. The van der Waals surface area contributed by atoms with Crippen molar-refractivity contribution in [3.05, 3.63) is 78.2 Å². The van der Waals surface area contributed by atoms with E-state index in [1.807, 2.05) is 55.6 Å². The number of hydrogen-bond donors (Lipinski definition) is 2. The molecule has 0 radical (unpaired) electrons. The molecule has 8 nitrogen and oxygen atoms in total. The maximum absolute atomic E-state index is 13.6. The van der Waals surface area contributed by atoms with E-state index in [9.17, 15) is 13.6 Å². The Labute approximate surface area is 211 Å². The molecule has 10 heteroatoms. The molecule has 0 spiro atoms. The summed E-state index contributed by atoms with van der Waals surface area (Å²) in [7, 11) is 0. The first kappa shape index (κ1) is 23.0. The number of urea groups is 1. The highest BCUT2D eigenvalue weighted by atomic mass is 19.3. The second kappa shape index (κ2) is 8.88. The predicted molar refractivity (Wildman–Crippen MR) is 135 cm³/mol. The number of halogens is 2. The minimum atomic E-state index is -2.82. The van der Waals surface area contributed by atoms with Crippen LogP contribution >= 0.6 is 0 Å². The molecule has 2 aromatic carbocycles. The fourth-order valence-electron chi connectivity index (χ4n) is 4.76. The van der Waals surface area contributed by atoms with Crippen LogP contribution < -0.4 is 5.32 Å². The summed E-state index contributed by atoms with van der Waals surface area (Å²) in [4.78, 5) is 23.3. The summed E-state index contributed by atoms with van der Waals surface area (Å²) in [6.07, 6.45) is 6.74. The maximum Gasteiger partial charge on any atom is 0.493 e. The molecule has 37 heavy (non-hydrogen) atoms. The SMILES string of the molecule is CC1c2cc(-c3nccc(Nc4ccc(-c5cn[nH]c5)cc4)n3)ccc2C=[N+]1C(=O)N1CCC(F)(F)C1. The molecule has 6 rings (SSSR count). The van der Waals surface area contributed by atoms with Gasteiger partial charge in [0.1, 0.15) is 18.1 Å². The van der Waals surface area contributed by atoms with Crippen molar-refractivity contribution in [2.75, 3.05) is 18.4 Å². The number of carbonyl (C=O) groups excluding carboxylic acids is 1. The van der Waals surface area contributed by atoms with E-state index in [4.69, 9.17) is 0 Å². The van der Waals surface area contributed by atoms with Gasteiger partial charge in [-0.2, -0.15) is 14.5 Å². The molecular formula is C27H24F2N7O+. The van der Waals surface area contributed by atoms with Crippen molar-refractivity contribution in [3.63, 3.8) is 0 Å². The third-order valence-electron chi connectivity index (χ3n) is 6.80. The molecule has 2 aliphatic heterocycles. The number of alkyl halides is 2. The smallest absolute Gasteiger partial charge is 0.340 e. The number of aromatic amines is 1. The van der Waals surface area contributed by atoms with E-state index in [1.165, 1.54) is 9.48 Å². The van der Waals surface area contributed by atoms with E-state index in [-0.39, 0.29) is 19.0 Å². The van der Waals surface area contributed by atoms with Crippen molar-refractivity contribution in [2.24, 2.45) is 0 Å². The van der Waals surface area contributed by atoms with Gasteiger partial charge in [0, 0.05) is 40.3 Å². The zero-order chi connectivity index (χ0) is 25.6. The monoisotopic (exact) mass is 500 g/mol. The number of nitrogens with one attached hydrogen (secondary N) is 2. The highest BCUT2D eigenvalue weighted by Crippen LogP contribution is 2.33. The van der Waals surface area contributed by atoms with Crippen LogP contribution in [0.2, 0.25) is 0 Å². The Morgan fingerprint density at radius 1 is 1.14 bits per heavy atom. The molecule has 1 fully saturated rings. The van der Waals surface area contributed by atoms with Crippen molar-refractivity contribution >= 4 is 23.8 Å². The summed E-state index contributed by atoms with van der Waals surface area (Å²) in [5.74, 6) is -1.64. The van der Waals surface area contributed by atoms with E-state index < -0.39 is 18.5 Å². The van der Waals surface area contributed by atoms with Crippen molar-refractivity contribution in [1.29, 1.82) is 0 Å². The van der Waals surface area contributed by atoms with E-state index in [0.29, 0.717) is 11.6 Å². The number of likely N-dealkylation sites (tertiary alicyclic amines) is 1. The van der Waals surface area contributed by atoms with Crippen LogP contribution in [0, 0.1) is 0 Å². The predicted octanol–water partition coefficient (Wildman–Crippen LogP) is 5.24. The maximum atomic E-state index is 13.6. The minimum Gasteiger partial charge on any atom is -0.340 e. The van der Waals surface area contributed by atoms with Gasteiger partial charge in [0.05, 0.1) is 19.2 Å². The van der Waals surface area contributed by atoms with Crippen molar-refractivity contribution in [2.45, 2.75) is 25.3 Å². The summed E-state index contributed by atoms with van der Waals surface area (Å²) in [5, 5.41) is 10.1. The number of H-pyrrole nitrogens is 1. The van der Waals surface area contributed by atoms with Gasteiger partial charge < -0.3 is 5.32 Å². The lowest BCUT2D eigenvalue weighted by Crippen LogP contribution is -2.38. The molecule has 1 unspecified atom stereocenters. The first-order valence-electron chi connectivity index (χ1n) is 12.0. The second-order valence-corrected chi connectivity index (χ2v) is 9.32. The number of rotatable bonds is 4. The fraction of sp³-hybridized carbons (Fsp3) is 0.222. The Morgan fingerprint density at radius 3 is 2.68 bits per heavy atom. The van der Waals surface area contributed by atoms with Crippen LogP contribution in [0.15, 0.2) is 67.1 Å². The number of fused-ring (bicyclic) bond motifs is 1. The standard InChI is InChI=1S/C27H23F2N7O/c1-17-23-12-19(2-3-20(23)15-36(17)26(37)35-11-9-27(28,29)16-35)25-30-10-8-24(34-25)33-22-6-4-18(5-7-22)21-13-31-32-14-21/h2-8,10,12-15,17H,9,11,16H2,1H3,(H,30,34)/p+1. The number of carbonyl (C=O) groups is 1. The lowest BCUT2D eigenvalue weighted by atomic mass is 10.0. The third-order valence-corrected chi connectivity index (χ3v) is 6.80. The van der Waals surface area contributed by atoms with Gasteiger partial charge in [0.2, 0.25) is 0 Å².